The van der Waals surface area contributed by atoms with Crippen LogP contribution in [0.2, 0.25) is 0 Å². The molecule has 1 rings (SSSR count). The lowest BCUT2D eigenvalue weighted by Crippen LogP contribution is -1.95. The van der Waals surface area contributed by atoms with Crippen LogP contribution in [-0.4, -0.2) is 7.11 Å². The van der Waals surface area contributed by atoms with Gasteiger partial charge >= 0.3 is 0 Å². The molecule has 0 atom stereocenters. The molecule has 0 aromatic heterocycles. The van der Waals surface area contributed by atoms with Crippen LogP contribution in [-0.2, 0) is 0 Å². The van der Waals surface area contributed by atoms with Gasteiger partial charge in [-0.05, 0) is 12.1 Å². The molecule has 5 heteroatoms. The Morgan fingerprint density at radius 2 is 1.60 bits per heavy atom. The van der Waals surface area contributed by atoms with E-state index >= 15 is 0 Å². The Morgan fingerprint density at radius 1 is 1.07 bits per heavy atom. The van der Waals surface area contributed by atoms with Crippen LogP contribution in [0.5, 0.6) is 5.75 Å². The zero-order valence-electron chi connectivity index (χ0n) is 7.97. The van der Waals surface area contributed by atoms with Gasteiger partial charge < -0.3 is 4.74 Å². The standard InChI is InChI=1S/C10H7N3OS/c1-14-9-4-2-3-5-10(9)15(6-11,7-12)8-13/h2-5H,1H3. The van der Waals surface area contributed by atoms with E-state index in [1.54, 1.807) is 40.5 Å². The van der Waals surface area contributed by atoms with Gasteiger partial charge in [-0.2, -0.15) is 15.8 Å². The first kappa shape index (κ1) is 10.9. The van der Waals surface area contributed by atoms with Gasteiger partial charge in [0.05, 0.1) is 22.0 Å². The minimum Gasteiger partial charge on any atom is -0.496 e. The lowest BCUT2D eigenvalue weighted by molar-refractivity contribution is 0.404. The number of methoxy groups -OCH3 is 1. The van der Waals surface area contributed by atoms with Crippen molar-refractivity contribution in [1.82, 2.24) is 0 Å². The molecular weight excluding hydrogens is 210 g/mol. The summed E-state index contributed by atoms with van der Waals surface area (Å²) in [6, 6.07) is 6.59. The number of para-hydroxylation sites is 1. The number of hydrogen-bond donors (Lipinski definition) is 0. The Morgan fingerprint density at radius 3 is 2.07 bits per heavy atom. The van der Waals surface area contributed by atoms with Crippen molar-refractivity contribution in [3.05, 3.63) is 24.3 Å². The molecule has 0 N–H and O–H groups in total. The molecule has 0 saturated carbocycles. The lowest BCUT2D eigenvalue weighted by atomic mass is 10.3. The lowest BCUT2D eigenvalue weighted by Gasteiger charge is -2.17. The van der Waals surface area contributed by atoms with Crippen LogP contribution in [0.4, 0.5) is 0 Å². The van der Waals surface area contributed by atoms with E-state index in [-0.39, 0.29) is 0 Å². The highest BCUT2D eigenvalue weighted by Crippen LogP contribution is 2.56. The van der Waals surface area contributed by atoms with Crippen LogP contribution in [0.25, 0.3) is 0 Å². The highest BCUT2D eigenvalue weighted by atomic mass is 32.3. The van der Waals surface area contributed by atoms with Gasteiger partial charge in [0.1, 0.15) is 22.0 Å². The fourth-order valence-corrected chi connectivity index (χ4v) is 2.23. The molecular formula is C10H7N3OS. The Hall–Kier alpha value is -2.16. The first-order chi connectivity index (χ1) is 7.24. The molecule has 15 heavy (non-hydrogen) atoms. The molecule has 0 spiro atoms. The van der Waals surface area contributed by atoms with Crippen molar-refractivity contribution in [1.29, 1.82) is 15.8 Å². The zero-order valence-corrected chi connectivity index (χ0v) is 8.78. The second-order valence-electron chi connectivity index (χ2n) is 2.54. The molecule has 0 fully saturated rings. The molecule has 0 aliphatic heterocycles. The average molecular weight is 217 g/mol. The van der Waals surface area contributed by atoms with Crippen LogP contribution >= 0.6 is 10.0 Å². The van der Waals surface area contributed by atoms with Crippen molar-refractivity contribution in [3.63, 3.8) is 0 Å². The zero-order chi connectivity index (χ0) is 11.3. The van der Waals surface area contributed by atoms with Gasteiger partial charge in [-0.25, -0.2) is 0 Å². The van der Waals surface area contributed by atoms with Gasteiger partial charge in [0.25, 0.3) is 0 Å². The fourth-order valence-electron chi connectivity index (χ4n) is 1.08. The number of rotatable bonds is 2. The van der Waals surface area contributed by atoms with Crippen molar-refractivity contribution in [3.8, 4) is 22.0 Å². The van der Waals surface area contributed by atoms with Crippen LogP contribution in [0.3, 0.4) is 0 Å². The third kappa shape index (κ3) is 1.72. The SMILES string of the molecule is COc1ccccc1S(C#N)(C#N)C#N. The molecule has 1 aromatic carbocycles. The summed E-state index contributed by atoms with van der Waals surface area (Å²) in [7, 11) is -1.30. The van der Waals surface area contributed by atoms with E-state index in [1.165, 1.54) is 7.11 Å². The second kappa shape index (κ2) is 4.37. The van der Waals surface area contributed by atoms with Crippen molar-refractivity contribution < 1.29 is 4.74 Å². The highest BCUT2D eigenvalue weighted by molar-refractivity contribution is 8.44. The van der Waals surface area contributed by atoms with Crippen LogP contribution in [0, 0.1) is 32.0 Å². The minimum atomic E-state index is -2.74. The quantitative estimate of drug-likeness (QED) is 0.712. The van der Waals surface area contributed by atoms with E-state index in [1.807, 2.05) is 0 Å². The summed E-state index contributed by atoms with van der Waals surface area (Å²) in [4.78, 5) is 0.361. The number of thiocyanates is 3. The second-order valence-corrected chi connectivity index (χ2v) is 4.75. The highest BCUT2D eigenvalue weighted by Gasteiger charge is 2.29. The molecule has 0 aliphatic carbocycles. The van der Waals surface area contributed by atoms with Gasteiger partial charge in [-0.3, -0.25) is 0 Å². The number of ether oxygens (including phenoxy) is 1. The Bertz CT molecular complexity index is 457. The van der Waals surface area contributed by atoms with Crippen molar-refractivity contribution in [2.45, 2.75) is 4.90 Å². The first-order valence-electron chi connectivity index (χ1n) is 3.93. The molecule has 74 valence electrons. The van der Waals surface area contributed by atoms with Gasteiger partial charge in [0.2, 0.25) is 0 Å². The summed E-state index contributed by atoms with van der Waals surface area (Å²) in [6.07, 6.45) is 0. The molecule has 0 heterocycles. The average Bonchev–Trinajstić information content (AvgIpc) is 2.33. The summed E-state index contributed by atoms with van der Waals surface area (Å²) in [6.45, 7) is 0. The van der Waals surface area contributed by atoms with Gasteiger partial charge in [0.15, 0.2) is 0 Å². The molecule has 4 nitrogen and oxygen atoms in total. The summed E-state index contributed by atoms with van der Waals surface area (Å²) in [5.74, 6) is 0.400. The summed E-state index contributed by atoms with van der Waals surface area (Å²) >= 11 is 0. The van der Waals surface area contributed by atoms with Gasteiger partial charge in [-0.15, -0.1) is 0 Å². The smallest absolute Gasteiger partial charge is 0.145 e. The molecule has 0 amide bonds. The number of nitrogens with zero attached hydrogens (tertiary/aromatic N) is 3. The maximum absolute atomic E-state index is 8.94. The van der Waals surface area contributed by atoms with Gasteiger partial charge in [-0.1, -0.05) is 12.1 Å². The summed E-state index contributed by atoms with van der Waals surface area (Å²) in [5.41, 5.74) is 0. The molecule has 0 unspecified atom stereocenters. The topological polar surface area (TPSA) is 80.6 Å². The van der Waals surface area contributed by atoms with Crippen molar-refractivity contribution >= 4 is 10.0 Å². The third-order valence-electron chi connectivity index (χ3n) is 1.81. The first-order valence-corrected chi connectivity index (χ1v) is 5.56. The van der Waals surface area contributed by atoms with Crippen LogP contribution < -0.4 is 4.74 Å². The largest absolute Gasteiger partial charge is 0.496 e. The predicted octanol–water partition coefficient (Wildman–Crippen LogP) is 2.30. The van der Waals surface area contributed by atoms with E-state index in [0.29, 0.717) is 10.6 Å². The van der Waals surface area contributed by atoms with E-state index in [0.717, 1.165) is 0 Å². The Labute approximate surface area is 89.2 Å². The summed E-state index contributed by atoms with van der Waals surface area (Å²) in [5, 5.41) is 32.2. The summed E-state index contributed by atoms with van der Waals surface area (Å²) < 4.78 is 5.02. The normalized spacial score (nSPS) is 10.5. The molecule has 0 bridgehead atoms. The predicted molar refractivity (Wildman–Crippen MR) is 55.7 cm³/mol. The maximum Gasteiger partial charge on any atom is 0.145 e. The molecule has 0 saturated heterocycles. The van der Waals surface area contributed by atoms with Crippen LogP contribution in [0.15, 0.2) is 29.2 Å². The number of hydrogen-bond acceptors (Lipinski definition) is 4. The minimum absolute atomic E-state index is 0.361. The third-order valence-corrected chi connectivity index (χ3v) is 3.63. The van der Waals surface area contributed by atoms with Crippen LogP contribution in [0.1, 0.15) is 0 Å². The maximum atomic E-state index is 8.94. The van der Waals surface area contributed by atoms with E-state index in [4.69, 9.17) is 20.5 Å². The van der Waals surface area contributed by atoms with Gasteiger partial charge in [0, 0.05) is 0 Å². The number of nitriles is 3. The van der Waals surface area contributed by atoms with Crippen molar-refractivity contribution in [2.75, 3.05) is 7.11 Å². The Kier molecular flexibility index (Phi) is 3.18. The molecule has 0 aliphatic rings. The van der Waals surface area contributed by atoms with E-state index in [9.17, 15) is 0 Å². The van der Waals surface area contributed by atoms with Crippen molar-refractivity contribution in [2.24, 2.45) is 0 Å². The Balaban J connectivity index is 3.47. The fraction of sp³-hybridized carbons (Fsp3) is 0.100. The van der Waals surface area contributed by atoms with E-state index < -0.39 is 10.0 Å². The molecule has 1 aromatic rings. The number of benzene rings is 1. The van der Waals surface area contributed by atoms with E-state index in [2.05, 4.69) is 0 Å². The monoisotopic (exact) mass is 217 g/mol. The molecule has 0 radical (unpaired) electrons.